The lowest BCUT2D eigenvalue weighted by Crippen LogP contribution is -2.10. The highest BCUT2D eigenvalue weighted by Gasteiger charge is 2.06. The van der Waals surface area contributed by atoms with Gasteiger partial charge >= 0.3 is 0 Å². The molecule has 3 aromatic rings. The number of nitrogens with zero attached hydrogens (tertiary/aromatic N) is 4. The van der Waals surface area contributed by atoms with Crippen molar-refractivity contribution in [1.29, 1.82) is 0 Å². The maximum absolute atomic E-state index is 5.84. The van der Waals surface area contributed by atoms with E-state index in [4.69, 9.17) is 4.74 Å². The van der Waals surface area contributed by atoms with Crippen LogP contribution >= 0.6 is 0 Å². The van der Waals surface area contributed by atoms with Gasteiger partial charge in [0.1, 0.15) is 11.6 Å². The molecule has 0 atom stereocenters. The van der Waals surface area contributed by atoms with Gasteiger partial charge in [0.2, 0.25) is 5.95 Å². The smallest absolute Gasteiger partial charge is 0.229 e. The number of hydrogen-bond acceptors (Lipinski definition) is 6. The zero-order valence-electron chi connectivity index (χ0n) is 14.6. The predicted octanol–water partition coefficient (Wildman–Crippen LogP) is 3.35. The standard InChI is InChI=1S/C18H22N6O/c1-13(2)25-16-7-5-4-6-14(16)10-20-17-8-9-19-18(23-17)22-15-11-21-24(3)12-15/h4-9,11-13H,10H2,1-3H3,(H2,19,20,22,23). The lowest BCUT2D eigenvalue weighted by atomic mass is 10.2. The summed E-state index contributed by atoms with van der Waals surface area (Å²) in [5.41, 5.74) is 1.92. The molecular weight excluding hydrogens is 316 g/mol. The molecular formula is C18H22N6O. The highest BCUT2D eigenvalue weighted by molar-refractivity contribution is 5.52. The molecule has 0 radical (unpaired) electrons. The summed E-state index contributed by atoms with van der Waals surface area (Å²) < 4.78 is 7.56. The molecule has 0 fully saturated rings. The molecule has 0 amide bonds. The Morgan fingerprint density at radius 1 is 1.20 bits per heavy atom. The largest absolute Gasteiger partial charge is 0.491 e. The van der Waals surface area contributed by atoms with Crippen LogP contribution in [0.3, 0.4) is 0 Å². The van der Waals surface area contributed by atoms with Crippen LogP contribution in [-0.2, 0) is 13.6 Å². The summed E-state index contributed by atoms with van der Waals surface area (Å²) >= 11 is 0. The van der Waals surface area contributed by atoms with Crippen LogP contribution in [0.4, 0.5) is 17.5 Å². The third-order valence-corrected chi connectivity index (χ3v) is 3.41. The molecule has 2 N–H and O–H groups in total. The zero-order valence-corrected chi connectivity index (χ0v) is 14.6. The summed E-state index contributed by atoms with van der Waals surface area (Å²) in [5, 5.41) is 10.6. The third kappa shape index (κ3) is 4.69. The molecule has 1 aromatic carbocycles. The molecule has 0 bridgehead atoms. The van der Waals surface area contributed by atoms with Crippen LogP contribution in [0, 0.1) is 0 Å². The van der Waals surface area contributed by atoms with E-state index >= 15 is 0 Å². The molecule has 7 nitrogen and oxygen atoms in total. The summed E-state index contributed by atoms with van der Waals surface area (Å²) in [6.07, 6.45) is 5.44. The molecule has 0 saturated heterocycles. The number of aryl methyl sites for hydroxylation is 1. The zero-order chi connectivity index (χ0) is 17.6. The Hall–Kier alpha value is -3.09. The van der Waals surface area contributed by atoms with Gasteiger partial charge in [0.15, 0.2) is 0 Å². The summed E-state index contributed by atoms with van der Waals surface area (Å²) in [6, 6.07) is 9.83. The first kappa shape index (κ1) is 16.8. The second-order valence-electron chi connectivity index (χ2n) is 5.92. The highest BCUT2D eigenvalue weighted by Crippen LogP contribution is 2.21. The maximum Gasteiger partial charge on any atom is 0.229 e. The van der Waals surface area contributed by atoms with Crippen LogP contribution in [0.2, 0.25) is 0 Å². The SMILES string of the molecule is CC(C)Oc1ccccc1CNc1ccnc(Nc2cnn(C)c2)n1. The number of aromatic nitrogens is 4. The van der Waals surface area contributed by atoms with Crippen molar-refractivity contribution in [2.75, 3.05) is 10.6 Å². The normalized spacial score (nSPS) is 10.7. The van der Waals surface area contributed by atoms with Gasteiger partial charge in [0.25, 0.3) is 0 Å². The molecule has 0 aliphatic carbocycles. The lowest BCUT2D eigenvalue weighted by molar-refractivity contribution is 0.240. The minimum atomic E-state index is 0.135. The molecule has 0 spiro atoms. The first-order valence-corrected chi connectivity index (χ1v) is 8.17. The van der Waals surface area contributed by atoms with E-state index in [2.05, 4.69) is 25.7 Å². The van der Waals surface area contributed by atoms with E-state index in [1.807, 2.05) is 57.4 Å². The van der Waals surface area contributed by atoms with Crippen molar-refractivity contribution >= 4 is 17.5 Å². The number of ether oxygens (including phenoxy) is 1. The Balaban J connectivity index is 1.67. The van der Waals surface area contributed by atoms with Gasteiger partial charge in [-0.15, -0.1) is 0 Å². The van der Waals surface area contributed by atoms with E-state index in [1.165, 1.54) is 0 Å². The van der Waals surface area contributed by atoms with Crippen molar-refractivity contribution in [3.8, 4) is 5.75 Å². The van der Waals surface area contributed by atoms with Crippen molar-refractivity contribution in [3.63, 3.8) is 0 Å². The number of nitrogens with one attached hydrogen (secondary N) is 2. The monoisotopic (exact) mass is 338 g/mol. The Morgan fingerprint density at radius 2 is 2.04 bits per heavy atom. The summed E-state index contributed by atoms with van der Waals surface area (Å²) in [7, 11) is 1.86. The van der Waals surface area contributed by atoms with Gasteiger partial charge in [-0.05, 0) is 26.0 Å². The van der Waals surface area contributed by atoms with Gasteiger partial charge in [-0.1, -0.05) is 18.2 Å². The number of para-hydroxylation sites is 1. The summed E-state index contributed by atoms with van der Waals surface area (Å²) in [5.74, 6) is 2.14. The van der Waals surface area contributed by atoms with Crippen molar-refractivity contribution in [3.05, 3.63) is 54.5 Å². The van der Waals surface area contributed by atoms with E-state index in [0.717, 1.165) is 22.8 Å². The Bertz CT molecular complexity index is 830. The van der Waals surface area contributed by atoms with Crippen LogP contribution < -0.4 is 15.4 Å². The van der Waals surface area contributed by atoms with Crippen LogP contribution in [0.5, 0.6) is 5.75 Å². The maximum atomic E-state index is 5.84. The van der Waals surface area contributed by atoms with Gasteiger partial charge in [-0.2, -0.15) is 10.1 Å². The van der Waals surface area contributed by atoms with E-state index in [0.29, 0.717) is 12.5 Å². The van der Waals surface area contributed by atoms with Crippen molar-refractivity contribution in [2.24, 2.45) is 7.05 Å². The molecule has 0 saturated carbocycles. The molecule has 2 aromatic heterocycles. The molecule has 0 unspecified atom stereocenters. The molecule has 25 heavy (non-hydrogen) atoms. The Labute approximate surface area is 147 Å². The fraction of sp³-hybridized carbons (Fsp3) is 0.278. The number of hydrogen-bond donors (Lipinski definition) is 2. The molecule has 0 aliphatic heterocycles. The molecule has 130 valence electrons. The minimum absolute atomic E-state index is 0.135. The first-order valence-electron chi connectivity index (χ1n) is 8.17. The van der Waals surface area contributed by atoms with E-state index in [9.17, 15) is 0 Å². The molecule has 0 aliphatic rings. The Kier molecular flexibility index (Phi) is 5.13. The van der Waals surface area contributed by atoms with E-state index < -0.39 is 0 Å². The molecule has 3 rings (SSSR count). The topological polar surface area (TPSA) is 76.9 Å². The second kappa shape index (κ2) is 7.65. The summed E-state index contributed by atoms with van der Waals surface area (Å²) in [6.45, 7) is 4.66. The number of anilines is 3. The molecule has 2 heterocycles. The van der Waals surface area contributed by atoms with E-state index in [1.54, 1.807) is 17.1 Å². The first-order chi connectivity index (χ1) is 12.1. The quantitative estimate of drug-likeness (QED) is 0.688. The van der Waals surface area contributed by atoms with Crippen molar-refractivity contribution in [2.45, 2.75) is 26.5 Å². The van der Waals surface area contributed by atoms with Crippen LogP contribution in [0.1, 0.15) is 19.4 Å². The fourth-order valence-corrected chi connectivity index (χ4v) is 2.34. The van der Waals surface area contributed by atoms with Gasteiger partial charge in [0, 0.05) is 31.5 Å². The summed E-state index contributed by atoms with van der Waals surface area (Å²) in [4.78, 5) is 8.70. The third-order valence-electron chi connectivity index (χ3n) is 3.41. The van der Waals surface area contributed by atoms with Crippen LogP contribution in [-0.4, -0.2) is 25.9 Å². The van der Waals surface area contributed by atoms with Crippen molar-refractivity contribution < 1.29 is 4.74 Å². The minimum Gasteiger partial charge on any atom is -0.491 e. The number of rotatable bonds is 7. The van der Waals surface area contributed by atoms with E-state index in [-0.39, 0.29) is 6.10 Å². The van der Waals surface area contributed by atoms with Gasteiger partial charge in [-0.3, -0.25) is 4.68 Å². The Morgan fingerprint density at radius 3 is 2.80 bits per heavy atom. The predicted molar refractivity (Wildman–Crippen MR) is 98.1 cm³/mol. The lowest BCUT2D eigenvalue weighted by Gasteiger charge is -2.15. The molecule has 7 heteroatoms. The second-order valence-corrected chi connectivity index (χ2v) is 5.92. The number of benzene rings is 1. The van der Waals surface area contributed by atoms with Gasteiger partial charge in [0.05, 0.1) is 18.0 Å². The van der Waals surface area contributed by atoms with Crippen molar-refractivity contribution in [1.82, 2.24) is 19.7 Å². The van der Waals surface area contributed by atoms with Gasteiger partial charge < -0.3 is 15.4 Å². The van der Waals surface area contributed by atoms with Crippen LogP contribution in [0.25, 0.3) is 0 Å². The highest BCUT2D eigenvalue weighted by atomic mass is 16.5. The van der Waals surface area contributed by atoms with Crippen LogP contribution in [0.15, 0.2) is 48.9 Å². The average Bonchev–Trinajstić information content (AvgIpc) is 2.99. The fourth-order valence-electron chi connectivity index (χ4n) is 2.34. The van der Waals surface area contributed by atoms with Gasteiger partial charge in [-0.25, -0.2) is 4.98 Å². The average molecular weight is 338 g/mol.